The molecule has 0 spiro atoms. The summed E-state index contributed by atoms with van der Waals surface area (Å²) in [5, 5.41) is 24.3. The summed E-state index contributed by atoms with van der Waals surface area (Å²) in [6, 6.07) is 19.3. The molecule has 212 valence electrons. The minimum atomic E-state index is -0.556. The third kappa shape index (κ3) is 8.27. The van der Waals surface area contributed by atoms with Crippen LogP contribution in [0.25, 0.3) is 0 Å². The Morgan fingerprint density at radius 1 is 1.12 bits per heavy atom. The van der Waals surface area contributed by atoms with E-state index in [0.29, 0.717) is 36.3 Å². The van der Waals surface area contributed by atoms with E-state index in [2.05, 4.69) is 10.6 Å². The zero-order valence-electron chi connectivity index (χ0n) is 22.6. The maximum absolute atomic E-state index is 15.5. The van der Waals surface area contributed by atoms with E-state index in [1.54, 1.807) is 30.3 Å². The fraction of sp³-hybridized carbons (Fsp3) is 0.355. The summed E-state index contributed by atoms with van der Waals surface area (Å²) in [7, 11) is 0. The van der Waals surface area contributed by atoms with E-state index in [9.17, 15) is 9.90 Å². The molecule has 1 aliphatic rings. The van der Waals surface area contributed by atoms with Crippen molar-refractivity contribution in [1.82, 2.24) is 5.32 Å². The minimum Gasteiger partial charge on any atom is -0.491 e. The molecule has 0 saturated carbocycles. The van der Waals surface area contributed by atoms with E-state index in [1.165, 1.54) is 6.07 Å². The number of amides is 1. The van der Waals surface area contributed by atoms with Crippen LogP contribution in [0.1, 0.15) is 54.9 Å². The lowest BCUT2D eigenvalue weighted by Gasteiger charge is -2.26. The maximum atomic E-state index is 15.5. The third-order valence-electron chi connectivity index (χ3n) is 6.59. The van der Waals surface area contributed by atoms with Crippen molar-refractivity contribution < 1.29 is 28.5 Å². The van der Waals surface area contributed by atoms with Crippen molar-refractivity contribution in [3.63, 3.8) is 0 Å². The topological polar surface area (TPSA) is 113 Å². The fourth-order valence-electron chi connectivity index (χ4n) is 4.43. The van der Waals surface area contributed by atoms with Gasteiger partial charge >= 0.3 is 6.09 Å². The van der Waals surface area contributed by atoms with Gasteiger partial charge in [-0.2, -0.15) is 0 Å². The number of anilines is 1. The van der Waals surface area contributed by atoms with Gasteiger partial charge in [-0.3, -0.25) is 5.41 Å². The number of alkyl carbamates (subject to hydrolysis) is 1. The van der Waals surface area contributed by atoms with Gasteiger partial charge in [-0.1, -0.05) is 48.5 Å². The van der Waals surface area contributed by atoms with Crippen LogP contribution >= 0.6 is 0 Å². The van der Waals surface area contributed by atoms with Crippen molar-refractivity contribution in [2.24, 2.45) is 0 Å². The molecular weight excluding hydrogens is 513 g/mol. The van der Waals surface area contributed by atoms with Crippen molar-refractivity contribution >= 4 is 17.5 Å². The molecule has 1 saturated heterocycles. The van der Waals surface area contributed by atoms with E-state index in [-0.39, 0.29) is 42.7 Å². The second-order valence-corrected chi connectivity index (χ2v) is 9.77. The number of ether oxygens (including phenoxy) is 3. The number of carbonyl (C=O) groups is 1. The molecule has 1 heterocycles. The van der Waals surface area contributed by atoms with E-state index in [4.69, 9.17) is 19.6 Å². The van der Waals surface area contributed by atoms with Crippen LogP contribution in [0.2, 0.25) is 0 Å². The number of aliphatic hydroxyl groups is 1. The Bertz CT molecular complexity index is 1280. The highest BCUT2D eigenvalue weighted by Gasteiger charge is 2.22. The molecule has 1 amide bonds. The second-order valence-electron chi connectivity index (χ2n) is 9.77. The van der Waals surface area contributed by atoms with E-state index < -0.39 is 11.9 Å². The van der Waals surface area contributed by atoms with Crippen LogP contribution in [0.4, 0.5) is 14.9 Å². The molecule has 0 aromatic heterocycles. The van der Waals surface area contributed by atoms with Gasteiger partial charge in [0.1, 0.15) is 18.6 Å². The van der Waals surface area contributed by atoms with Gasteiger partial charge in [-0.05, 0) is 49.4 Å². The summed E-state index contributed by atoms with van der Waals surface area (Å²) in [4.78, 5) is 12.0. The molecule has 9 heteroatoms. The fourth-order valence-corrected chi connectivity index (χ4v) is 4.43. The van der Waals surface area contributed by atoms with E-state index in [1.807, 2.05) is 37.3 Å². The lowest BCUT2D eigenvalue weighted by Crippen LogP contribution is -2.29. The molecule has 2 atom stereocenters. The highest BCUT2D eigenvalue weighted by atomic mass is 19.1. The van der Waals surface area contributed by atoms with Crippen LogP contribution in [0, 0.1) is 11.2 Å². The van der Waals surface area contributed by atoms with Crippen molar-refractivity contribution in [3.05, 3.63) is 94.8 Å². The zero-order valence-corrected chi connectivity index (χ0v) is 22.6. The standard InChI is InChI=1S/C31H36FN3O5/c1-21(13-14-34-31(37)39-20-22-8-3-2-4-9-22)40-25-17-26(29(33)24-11-7-10-23(16-24)19-36)30(27(32)18-25)35-28-12-5-6-15-38-28/h2-4,7-11,16-18,21,28,33,35-36H,5-6,12-15,19-20H2,1H3,(H,34,37)/t21-,28?/m1/s1. The van der Waals surface area contributed by atoms with Crippen molar-refractivity contribution in [3.8, 4) is 5.75 Å². The smallest absolute Gasteiger partial charge is 0.407 e. The number of aliphatic hydroxyl groups excluding tert-OH is 1. The predicted molar refractivity (Wildman–Crippen MR) is 151 cm³/mol. The summed E-state index contributed by atoms with van der Waals surface area (Å²) in [5.41, 5.74) is 2.69. The quantitative estimate of drug-likeness (QED) is 0.214. The number of halogens is 1. The highest BCUT2D eigenvalue weighted by molar-refractivity contribution is 6.14. The Hall–Kier alpha value is -3.95. The number of carbonyl (C=O) groups excluding carboxylic acids is 1. The molecule has 40 heavy (non-hydrogen) atoms. The first kappa shape index (κ1) is 29.0. The molecule has 0 bridgehead atoms. The Morgan fingerprint density at radius 2 is 1.93 bits per heavy atom. The number of hydrogen-bond acceptors (Lipinski definition) is 7. The Balaban J connectivity index is 1.42. The van der Waals surface area contributed by atoms with Crippen LogP contribution in [-0.4, -0.2) is 42.4 Å². The first-order chi connectivity index (χ1) is 19.4. The maximum Gasteiger partial charge on any atom is 0.407 e. The molecule has 1 aliphatic heterocycles. The van der Waals surface area contributed by atoms with Crippen molar-refractivity contribution in [1.29, 1.82) is 5.41 Å². The van der Waals surface area contributed by atoms with Gasteiger partial charge in [0.2, 0.25) is 0 Å². The summed E-state index contributed by atoms with van der Waals surface area (Å²) >= 11 is 0. The van der Waals surface area contributed by atoms with E-state index >= 15 is 4.39 Å². The van der Waals surface area contributed by atoms with Gasteiger partial charge in [0, 0.05) is 36.8 Å². The first-order valence-electron chi connectivity index (χ1n) is 13.5. The van der Waals surface area contributed by atoms with Gasteiger partial charge in [0.05, 0.1) is 24.1 Å². The van der Waals surface area contributed by atoms with Gasteiger partial charge in [-0.15, -0.1) is 0 Å². The van der Waals surface area contributed by atoms with Crippen molar-refractivity contribution in [2.75, 3.05) is 18.5 Å². The Morgan fingerprint density at radius 3 is 2.67 bits per heavy atom. The Labute approximate surface area is 234 Å². The molecule has 8 nitrogen and oxygen atoms in total. The van der Waals surface area contributed by atoms with Gasteiger partial charge in [-0.25, -0.2) is 9.18 Å². The predicted octanol–water partition coefficient (Wildman–Crippen LogP) is 5.76. The largest absolute Gasteiger partial charge is 0.491 e. The SMILES string of the molecule is C[C@H](CCNC(=O)OCc1ccccc1)Oc1cc(F)c(NC2CCCCO2)c(C(=N)c2cccc(CO)c2)c1. The average Bonchev–Trinajstić information content (AvgIpc) is 2.98. The number of hydrogen-bond donors (Lipinski definition) is 4. The molecule has 0 radical (unpaired) electrons. The van der Waals surface area contributed by atoms with Gasteiger partial charge < -0.3 is 30.0 Å². The Kier molecular flexibility index (Phi) is 10.5. The number of benzene rings is 3. The summed E-state index contributed by atoms with van der Waals surface area (Å²) in [5.74, 6) is -0.288. The van der Waals surface area contributed by atoms with Gasteiger partial charge in [0.15, 0.2) is 5.82 Å². The van der Waals surface area contributed by atoms with E-state index in [0.717, 1.165) is 24.8 Å². The molecule has 3 aromatic carbocycles. The molecule has 0 aliphatic carbocycles. The second kappa shape index (κ2) is 14.4. The summed E-state index contributed by atoms with van der Waals surface area (Å²) in [6.07, 6.45) is 1.90. The van der Waals surface area contributed by atoms with Crippen LogP contribution in [-0.2, 0) is 22.7 Å². The lowest BCUT2D eigenvalue weighted by molar-refractivity contribution is 0.0341. The van der Waals surface area contributed by atoms with Crippen LogP contribution in [0.15, 0.2) is 66.7 Å². The summed E-state index contributed by atoms with van der Waals surface area (Å²) < 4.78 is 32.5. The molecule has 1 unspecified atom stereocenters. The zero-order chi connectivity index (χ0) is 28.3. The molecular formula is C31H36FN3O5. The van der Waals surface area contributed by atoms with Gasteiger partial charge in [0.25, 0.3) is 0 Å². The highest BCUT2D eigenvalue weighted by Crippen LogP contribution is 2.31. The molecule has 3 aromatic rings. The molecule has 1 fully saturated rings. The molecule has 4 rings (SSSR count). The third-order valence-corrected chi connectivity index (χ3v) is 6.59. The first-order valence-corrected chi connectivity index (χ1v) is 13.5. The minimum absolute atomic E-state index is 0.0911. The van der Waals surface area contributed by atoms with Crippen LogP contribution in [0.3, 0.4) is 0 Å². The lowest BCUT2D eigenvalue weighted by atomic mass is 9.98. The van der Waals surface area contributed by atoms with Crippen LogP contribution < -0.4 is 15.4 Å². The number of nitrogens with one attached hydrogen (secondary N) is 3. The van der Waals surface area contributed by atoms with Crippen molar-refractivity contribution in [2.45, 2.75) is 58.2 Å². The van der Waals surface area contributed by atoms with Crippen LogP contribution in [0.5, 0.6) is 5.75 Å². The number of rotatable bonds is 12. The summed E-state index contributed by atoms with van der Waals surface area (Å²) in [6.45, 7) is 2.75. The normalized spacial score (nSPS) is 15.6. The molecule has 4 N–H and O–H groups in total. The average molecular weight is 550 g/mol. The monoisotopic (exact) mass is 549 g/mol.